The van der Waals surface area contributed by atoms with Gasteiger partial charge in [0.2, 0.25) is 0 Å². The molecule has 1 fully saturated rings. The quantitative estimate of drug-likeness (QED) is 0.836. The molecule has 114 valence electrons. The van der Waals surface area contributed by atoms with E-state index in [1.54, 1.807) is 0 Å². The second kappa shape index (κ2) is 7.48. The average Bonchev–Trinajstić information content (AvgIpc) is 2.49. The van der Waals surface area contributed by atoms with Gasteiger partial charge < -0.3 is 0 Å². The molecule has 1 aromatic rings. The zero-order valence-electron chi connectivity index (χ0n) is 12.4. The van der Waals surface area contributed by atoms with Crippen molar-refractivity contribution in [1.29, 1.82) is 5.26 Å². The van der Waals surface area contributed by atoms with E-state index in [9.17, 15) is 14.0 Å². The molecule has 0 bridgehead atoms. The van der Waals surface area contributed by atoms with Crippen LogP contribution in [0.1, 0.15) is 25.3 Å². The van der Waals surface area contributed by atoms with Crippen LogP contribution in [0.4, 0.5) is 8.78 Å². The van der Waals surface area contributed by atoms with Crippen molar-refractivity contribution in [3.63, 3.8) is 0 Å². The van der Waals surface area contributed by atoms with Crippen LogP contribution in [0.2, 0.25) is 0 Å². The number of piperazine rings is 1. The van der Waals surface area contributed by atoms with Crippen molar-refractivity contribution in [2.45, 2.75) is 32.4 Å². The Hall–Kier alpha value is -1.51. The molecular weight excluding hydrogens is 272 g/mol. The first-order valence-corrected chi connectivity index (χ1v) is 7.44. The van der Waals surface area contributed by atoms with Crippen LogP contribution in [-0.2, 0) is 6.54 Å². The van der Waals surface area contributed by atoms with E-state index < -0.39 is 5.82 Å². The van der Waals surface area contributed by atoms with Gasteiger partial charge >= 0.3 is 0 Å². The Morgan fingerprint density at radius 2 is 1.95 bits per heavy atom. The summed E-state index contributed by atoms with van der Waals surface area (Å²) in [4.78, 5) is 4.29. The molecule has 0 radical (unpaired) electrons. The fourth-order valence-electron chi connectivity index (χ4n) is 2.74. The normalized spacial score (nSPS) is 18.4. The van der Waals surface area contributed by atoms with Crippen LogP contribution >= 0.6 is 0 Å². The third-order valence-corrected chi connectivity index (χ3v) is 3.96. The maximum atomic E-state index is 13.6. The van der Waals surface area contributed by atoms with Gasteiger partial charge in [0.05, 0.1) is 12.1 Å². The lowest BCUT2D eigenvalue weighted by Gasteiger charge is -2.36. The number of nitriles is 1. The maximum absolute atomic E-state index is 13.6. The topological polar surface area (TPSA) is 30.3 Å². The number of benzene rings is 1. The minimum atomic E-state index is -0.405. The monoisotopic (exact) mass is 293 g/mol. The molecule has 0 N–H and O–H groups in total. The van der Waals surface area contributed by atoms with Crippen LogP contribution in [-0.4, -0.2) is 42.0 Å². The molecule has 1 aliphatic heterocycles. The Morgan fingerprint density at radius 3 is 2.57 bits per heavy atom. The highest BCUT2D eigenvalue weighted by atomic mass is 19.1. The first kappa shape index (κ1) is 15.9. The van der Waals surface area contributed by atoms with Gasteiger partial charge in [0.1, 0.15) is 11.6 Å². The fourth-order valence-corrected chi connectivity index (χ4v) is 2.74. The van der Waals surface area contributed by atoms with Crippen LogP contribution in [0.5, 0.6) is 0 Å². The number of hydrogen-bond donors (Lipinski definition) is 0. The Balaban J connectivity index is 1.89. The smallest absolute Gasteiger partial charge is 0.127 e. The van der Waals surface area contributed by atoms with Crippen LogP contribution in [0, 0.1) is 23.0 Å². The summed E-state index contributed by atoms with van der Waals surface area (Å²) < 4.78 is 26.8. The molecular formula is C16H21F2N3. The lowest BCUT2D eigenvalue weighted by molar-refractivity contribution is 0.105. The van der Waals surface area contributed by atoms with Gasteiger partial charge in [-0.25, -0.2) is 8.78 Å². The molecule has 0 amide bonds. The molecule has 21 heavy (non-hydrogen) atoms. The first-order valence-electron chi connectivity index (χ1n) is 7.44. The van der Waals surface area contributed by atoms with Gasteiger partial charge in [0.15, 0.2) is 0 Å². The molecule has 1 unspecified atom stereocenters. The molecule has 1 aliphatic rings. The highest BCUT2D eigenvalue weighted by Gasteiger charge is 2.23. The molecule has 1 aromatic carbocycles. The third kappa shape index (κ3) is 4.23. The number of halogens is 2. The summed E-state index contributed by atoms with van der Waals surface area (Å²) >= 11 is 0. The predicted molar refractivity (Wildman–Crippen MR) is 77.5 cm³/mol. The van der Waals surface area contributed by atoms with Gasteiger partial charge in [-0.05, 0) is 24.6 Å². The molecule has 5 heteroatoms. The Labute approximate surface area is 124 Å². The number of hydrogen-bond acceptors (Lipinski definition) is 3. The second-order valence-electron chi connectivity index (χ2n) is 5.48. The Kier molecular flexibility index (Phi) is 5.66. The van der Waals surface area contributed by atoms with Crippen LogP contribution < -0.4 is 0 Å². The van der Waals surface area contributed by atoms with Gasteiger partial charge in [-0.15, -0.1) is 0 Å². The fraction of sp³-hybridized carbons (Fsp3) is 0.562. The SMILES string of the molecule is CCCC(C#N)N1CCN(Cc2cc(F)ccc2F)CC1. The predicted octanol–water partition coefficient (Wildman–Crippen LogP) is 2.77. The van der Waals surface area contributed by atoms with Crippen molar-refractivity contribution in [2.24, 2.45) is 0 Å². The maximum Gasteiger partial charge on any atom is 0.127 e. The molecule has 0 saturated carbocycles. The summed E-state index contributed by atoms with van der Waals surface area (Å²) in [5, 5.41) is 9.18. The van der Waals surface area contributed by atoms with Crippen LogP contribution in [0.3, 0.4) is 0 Å². The van der Waals surface area contributed by atoms with Crippen LogP contribution in [0.25, 0.3) is 0 Å². The van der Waals surface area contributed by atoms with Crippen molar-refractivity contribution < 1.29 is 8.78 Å². The Bertz CT molecular complexity index is 505. The molecule has 2 rings (SSSR count). The van der Waals surface area contributed by atoms with Gasteiger partial charge in [0, 0.05) is 38.3 Å². The summed E-state index contributed by atoms with van der Waals surface area (Å²) in [6.07, 6.45) is 1.88. The van der Waals surface area contributed by atoms with Crippen molar-refractivity contribution in [1.82, 2.24) is 9.80 Å². The van der Waals surface area contributed by atoms with E-state index >= 15 is 0 Å². The summed E-state index contributed by atoms with van der Waals surface area (Å²) in [6, 6.07) is 5.90. The summed E-state index contributed by atoms with van der Waals surface area (Å²) in [5.74, 6) is -0.766. The molecule has 1 heterocycles. The molecule has 1 saturated heterocycles. The van der Waals surface area contributed by atoms with Crippen molar-refractivity contribution in [3.8, 4) is 6.07 Å². The standard InChI is InChI=1S/C16H21F2N3/c1-2-3-15(11-19)21-8-6-20(7-9-21)12-13-10-14(17)4-5-16(13)18/h4-5,10,15H,2-3,6-9,12H2,1H3. The number of nitrogens with zero attached hydrogens (tertiary/aromatic N) is 3. The van der Waals surface area contributed by atoms with Gasteiger partial charge in [-0.1, -0.05) is 13.3 Å². The van der Waals surface area contributed by atoms with Gasteiger partial charge in [-0.2, -0.15) is 5.26 Å². The number of rotatable bonds is 5. The van der Waals surface area contributed by atoms with E-state index in [4.69, 9.17) is 0 Å². The molecule has 1 atom stereocenters. The van der Waals surface area contributed by atoms with Gasteiger partial charge in [-0.3, -0.25) is 9.80 Å². The highest BCUT2D eigenvalue weighted by molar-refractivity contribution is 5.18. The molecule has 0 aliphatic carbocycles. The summed E-state index contributed by atoms with van der Waals surface area (Å²) in [6.45, 7) is 5.65. The summed E-state index contributed by atoms with van der Waals surface area (Å²) in [7, 11) is 0. The zero-order chi connectivity index (χ0) is 15.2. The molecule has 0 spiro atoms. The van der Waals surface area contributed by atoms with Crippen molar-refractivity contribution in [2.75, 3.05) is 26.2 Å². The molecule has 0 aromatic heterocycles. The second-order valence-corrected chi connectivity index (χ2v) is 5.48. The third-order valence-electron chi connectivity index (χ3n) is 3.96. The van der Waals surface area contributed by atoms with E-state index in [0.29, 0.717) is 12.1 Å². The van der Waals surface area contributed by atoms with Crippen molar-refractivity contribution >= 4 is 0 Å². The van der Waals surface area contributed by atoms with E-state index in [1.165, 1.54) is 12.1 Å². The van der Waals surface area contributed by atoms with E-state index in [2.05, 4.69) is 22.8 Å². The first-order chi connectivity index (χ1) is 10.1. The van der Waals surface area contributed by atoms with E-state index in [0.717, 1.165) is 45.1 Å². The van der Waals surface area contributed by atoms with E-state index in [1.807, 2.05) is 0 Å². The van der Waals surface area contributed by atoms with Crippen LogP contribution in [0.15, 0.2) is 18.2 Å². The highest BCUT2D eigenvalue weighted by Crippen LogP contribution is 2.15. The molecule has 3 nitrogen and oxygen atoms in total. The lowest BCUT2D eigenvalue weighted by atomic mass is 10.1. The Morgan fingerprint density at radius 1 is 1.24 bits per heavy atom. The largest absolute Gasteiger partial charge is 0.296 e. The minimum absolute atomic E-state index is 0.0249. The minimum Gasteiger partial charge on any atom is -0.296 e. The van der Waals surface area contributed by atoms with Gasteiger partial charge in [0.25, 0.3) is 0 Å². The van der Waals surface area contributed by atoms with Crippen molar-refractivity contribution in [3.05, 3.63) is 35.4 Å². The lowest BCUT2D eigenvalue weighted by Crippen LogP contribution is -2.49. The zero-order valence-corrected chi connectivity index (χ0v) is 12.4. The summed E-state index contributed by atoms with van der Waals surface area (Å²) in [5.41, 5.74) is 0.397. The van der Waals surface area contributed by atoms with E-state index in [-0.39, 0.29) is 11.9 Å². The average molecular weight is 293 g/mol.